The summed E-state index contributed by atoms with van der Waals surface area (Å²) in [5, 5.41) is 0. The van der Waals surface area contributed by atoms with Crippen molar-refractivity contribution < 1.29 is 9.47 Å². The molecular formula is C15H23NO2. The van der Waals surface area contributed by atoms with Crippen molar-refractivity contribution in [3.05, 3.63) is 28.8 Å². The van der Waals surface area contributed by atoms with Gasteiger partial charge in [0, 0.05) is 17.0 Å². The van der Waals surface area contributed by atoms with E-state index < -0.39 is 0 Å². The summed E-state index contributed by atoms with van der Waals surface area (Å²) in [6.45, 7) is 7.78. The van der Waals surface area contributed by atoms with E-state index in [1.54, 1.807) is 7.11 Å². The van der Waals surface area contributed by atoms with Crippen LogP contribution in [0.2, 0.25) is 0 Å². The van der Waals surface area contributed by atoms with Crippen molar-refractivity contribution in [2.45, 2.75) is 38.6 Å². The van der Waals surface area contributed by atoms with Gasteiger partial charge in [0.05, 0.1) is 20.3 Å². The molecule has 1 aliphatic heterocycles. The van der Waals surface area contributed by atoms with E-state index in [9.17, 15) is 0 Å². The highest BCUT2D eigenvalue weighted by Gasteiger charge is 2.43. The van der Waals surface area contributed by atoms with Crippen molar-refractivity contribution in [2.75, 3.05) is 20.3 Å². The maximum atomic E-state index is 5.99. The number of rotatable bonds is 4. The number of ether oxygens (including phenoxy) is 2. The molecule has 1 aromatic carbocycles. The number of hydrogen-bond acceptors (Lipinski definition) is 3. The van der Waals surface area contributed by atoms with Gasteiger partial charge in [0.25, 0.3) is 0 Å². The summed E-state index contributed by atoms with van der Waals surface area (Å²) in [6, 6.07) is 4.52. The minimum Gasteiger partial charge on any atom is -0.496 e. The highest BCUT2D eigenvalue weighted by atomic mass is 16.5. The van der Waals surface area contributed by atoms with Gasteiger partial charge < -0.3 is 15.2 Å². The zero-order chi connectivity index (χ0) is 13.3. The van der Waals surface area contributed by atoms with Crippen LogP contribution in [-0.4, -0.2) is 26.4 Å². The second-order valence-electron chi connectivity index (χ2n) is 5.59. The zero-order valence-electron chi connectivity index (χ0n) is 11.7. The van der Waals surface area contributed by atoms with E-state index >= 15 is 0 Å². The fourth-order valence-corrected chi connectivity index (χ4v) is 2.72. The van der Waals surface area contributed by atoms with Gasteiger partial charge in [0.1, 0.15) is 5.75 Å². The maximum Gasteiger partial charge on any atom is 0.123 e. The van der Waals surface area contributed by atoms with Crippen molar-refractivity contribution in [2.24, 2.45) is 5.73 Å². The monoisotopic (exact) mass is 249 g/mol. The Morgan fingerprint density at radius 2 is 1.94 bits per heavy atom. The Kier molecular flexibility index (Phi) is 3.64. The Balaban J connectivity index is 2.44. The van der Waals surface area contributed by atoms with Crippen LogP contribution in [0.5, 0.6) is 5.75 Å². The standard InChI is InChI=1S/C15H23NO2/c1-10-5-13(14(17-4)6-11(10)2)15(7-12(3)16)8-18-9-15/h5-6,12H,7-9,16H2,1-4H3. The van der Waals surface area contributed by atoms with Crippen LogP contribution in [0.3, 0.4) is 0 Å². The van der Waals surface area contributed by atoms with Gasteiger partial charge in [-0.15, -0.1) is 0 Å². The van der Waals surface area contributed by atoms with Crippen molar-refractivity contribution in [3.8, 4) is 5.75 Å². The van der Waals surface area contributed by atoms with Crippen molar-refractivity contribution in [1.29, 1.82) is 0 Å². The molecule has 1 fully saturated rings. The largest absolute Gasteiger partial charge is 0.496 e. The molecule has 100 valence electrons. The van der Waals surface area contributed by atoms with Gasteiger partial charge >= 0.3 is 0 Å². The van der Waals surface area contributed by atoms with E-state index in [0.717, 1.165) is 25.4 Å². The Morgan fingerprint density at radius 3 is 2.39 bits per heavy atom. The summed E-state index contributed by atoms with van der Waals surface area (Å²) in [5.41, 5.74) is 9.82. The van der Waals surface area contributed by atoms with Crippen LogP contribution >= 0.6 is 0 Å². The first-order valence-electron chi connectivity index (χ1n) is 6.47. The minimum absolute atomic E-state index is 0.0397. The normalized spacial score (nSPS) is 19.2. The van der Waals surface area contributed by atoms with E-state index in [4.69, 9.17) is 15.2 Å². The molecule has 18 heavy (non-hydrogen) atoms. The Labute approximate surface area is 109 Å². The van der Waals surface area contributed by atoms with Crippen LogP contribution in [0.1, 0.15) is 30.0 Å². The predicted octanol–water partition coefficient (Wildman–Crippen LogP) is 2.32. The molecule has 0 spiro atoms. The predicted molar refractivity (Wildman–Crippen MR) is 73.2 cm³/mol. The molecule has 0 radical (unpaired) electrons. The fourth-order valence-electron chi connectivity index (χ4n) is 2.72. The topological polar surface area (TPSA) is 44.5 Å². The number of nitrogens with two attached hydrogens (primary N) is 1. The van der Waals surface area contributed by atoms with Crippen LogP contribution in [0.25, 0.3) is 0 Å². The fraction of sp³-hybridized carbons (Fsp3) is 0.600. The van der Waals surface area contributed by atoms with Crippen molar-refractivity contribution >= 4 is 0 Å². The quantitative estimate of drug-likeness (QED) is 0.890. The van der Waals surface area contributed by atoms with E-state index in [0.29, 0.717) is 0 Å². The molecule has 0 aromatic heterocycles. The SMILES string of the molecule is COc1cc(C)c(C)cc1C1(CC(C)N)COC1. The van der Waals surface area contributed by atoms with Crippen molar-refractivity contribution in [3.63, 3.8) is 0 Å². The van der Waals surface area contributed by atoms with E-state index in [1.165, 1.54) is 16.7 Å². The first kappa shape index (κ1) is 13.4. The molecule has 1 aliphatic rings. The number of benzene rings is 1. The van der Waals surface area contributed by atoms with Gasteiger partial charge in [-0.2, -0.15) is 0 Å². The smallest absolute Gasteiger partial charge is 0.123 e. The van der Waals surface area contributed by atoms with Gasteiger partial charge in [0.15, 0.2) is 0 Å². The van der Waals surface area contributed by atoms with Gasteiger partial charge in [-0.05, 0) is 44.4 Å². The number of methoxy groups -OCH3 is 1. The average Bonchev–Trinajstić information content (AvgIpc) is 2.26. The summed E-state index contributed by atoms with van der Waals surface area (Å²) < 4.78 is 11.0. The molecule has 3 nitrogen and oxygen atoms in total. The summed E-state index contributed by atoms with van der Waals surface area (Å²) in [7, 11) is 1.73. The van der Waals surface area contributed by atoms with Crippen LogP contribution in [-0.2, 0) is 10.2 Å². The Bertz CT molecular complexity index is 436. The van der Waals surface area contributed by atoms with Gasteiger partial charge in [0.2, 0.25) is 0 Å². The maximum absolute atomic E-state index is 5.99. The summed E-state index contributed by atoms with van der Waals surface area (Å²) in [4.78, 5) is 0. The highest BCUT2D eigenvalue weighted by molar-refractivity contribution is 5.47. The average molecular weight is 249 g/mol. The third-order valence-electron chi connectivity index (χ3n) is 3.86. The molecule has 1 heterocycles. The minimum atomic E-state index is 0.0397. The first-order chi connectivity index (χ1) is 8.48. The lowest BCUT2D eigenvalue weighted by Gasteiger charge is -2.44. The van der Waals surface area contributed by atoms with Crippen LogP contribution in [0, 0.1) is 13.8 Å². The molecule has 2 N–H and O–H groups in total. The van der Waals surface area contributed by atoms with Crippen LogP contribution in [0.4, 0.5) is 0 Å². The molecule has 3 heteroatoms. The first-order valence-corrected chi connectivity index (χ1v) is 6.47. The number of aryl methyl sites for hydroxylation is 2. The molecule has 0 saturated carbocycles. The Hall–Kier alpha value is -1.06. The second-order valence-corrected chi connectivity index (χ2v) is 5.59. The third-order valence-corrected chi connectivity index (χ3v) is 3.86. The van der Waals surface area contributed by atoms with Crippen LogP contribution in [0.15, 0.2) is 12.1 Å². The molecule has 1 unspecified atom stereocenters. The lowest BCUT2D eigenvalue weighted by atomic mass is 9.73. The van der Waals surface area contributed by atoms with Gasteiger partial charge in [-0.1, -0.05) is 6.07 Å². The summed E-state index contributed by atoms with van der Waals surface area (Å²) in [5.74, 6) is 0.960. The van der Waals surface area contributed by atoms with E-state index in [1.807, 2.05) is 6.92 Å². The molecular weight excluding hydrogens is 226 g/mol. The van der Waals surface area contributed by atoms with Crippen LogP contribution < -0.4 is 10.5 Å². The number of hydrogen-bond donors (Lipinski definition) is 1. The van der Waals surface area contributed by atoms with Crippen molar-refractivity contribution in [1.82, 2.24) is 0 Å². The molecule has 0 aliphatic carbocycles. The lowest BCUT2D eigenvalue weighted by molar-refractivity contribution is -0.0674. The Morgan fingerprint density at radius 1 is 1.33 bits per heavy atom. The molecule has 1 aromatic rings. The molecule has 2 rings (SSSR count). The van der Waals surface area contributed by atoms with E-state index in [2.05, 4.69) is 26.0 Å². The summed E-state index contributed by atoms with van der Waals surface area (Å²) >= 11 is 0. The molecule has 0 bridgehead atoms. The lowest BCUT2D eigenvalue weighted by Crippen LogP contribution is -2.50. The third kappa shape index (κ3) is 2.25. The van der Waals surface area contributed by atoms with Gasteiger partial charge in [-0.25, -0.2) is 0 Å². The molecule has 0 amide bonds. The highest BCUT2D eigenvalue weighted by Crippen LogP contribution is 2.42. The van der Waals surface area contributed by atoms with E-state index in [-0.39, 0.29) is 11.5 Å². The molecule has 1 atom stereocenters. The summed E-state index contributed by atoms with van der Waals surface area (Å²) in [6.07, 6.45) is 0.936. The second kappa shape index (κ2) is 4.90. The van der Waals surface area contributed by atoms with Gasteiger partial charge in [-0.3, -0.25) is 0 Å². The zero-order valence-corrected chi connectivity index (χ0v) is 11.7. The molecule has 1 saturated heterocycles.